The Bertz CT molecular complexity index is 1350. The van der Waals surface area contributed by atoms with Gasteiger partial charge in [0.2, 0.25) is 5.88 Å². The molecule has 0 fully saturated rings. The maximum absolute atomic E-state index is 5.43. The molecule has 144 valence electrons. The third-order valence-electron chi connectivity index (χ3n) is 4.87. The van der Waals surface area contributed by atoms with E-state index in [2.05, 4.69) is 40.7 Å². The minimum Gasteiger partial charge on any atom is -0.479 e. The molecule has 0 radical (unpaired) electrons. The molecule has 9 nitrogen and oxygen atoms in total. The van der Waals surface area contributed by atoms with Crippen molar-refractivity contribution in [2.75, 3.05) is 7.11 Å². The van der Waals surface area contributed by atoms with Gasteiger partial charge < -0.3 is 9.30 Å². The second kappa shape index (κ2) is 6.62. The maximum atomic E-state index is 5.43. The van der Waals surface area contributed by atoms with Crippen molar-refractivity contribution in [1.82, 2.24) is 39.1 Å². The van der Waals surface area contributed by atoms with Gasteiger partial charge in [-0.1, -0.05) is 0 Å². The standard InChI is InChI=1S/C20H18N8O/c1-12-4-6-21-17(25-12)10-27-13(2)26-19-16(27)8-14(9-22-19)15-5-7-28-18(15)20(29-3)23-11-24-28/h4-9,11H,10H2,1-3H3. The van der Waals surface area contributed by atoms with Gasteiger partial charge in [0, 0.05) is 35.4 Å². The van der Waals surface area contributed by atoms with E-state index in [0.717, 1.165) is 39.5 Å². The molecule has 5 rings (SSSR count). The monoisotopic (exact) mass is 386 g/mol. The highest BCUT2D eigenvalue weighted by molar-refractivity contribution is 5.87. The van der Waals surface area contributed by atoms with Crippen LogP contribution >= 0.6 is 0 Å². The predicted molar refractivity (Wildman–Crippen MR) is 107 cm³/mol. The number of imidazole rings is 1. The summed E-state index contributed by atoms with van der Waals surface area (Å²) in [7, 11) is 1.60. The number of pyridine rings is 1. The molecule has 0 aromatic carbocycles. The Morgan fingerprint density at radius 3 is 2.79 bits per heavy atom. The number of aromatic nitrogens is 8. The number of methoxy groups -OCH3 is 1. The molecule has 0 aliphatic carbocycles. The molecule has 29 heavy (non-hydrogen) atoms. The number of ether oxygens (including phenoxy) is 1. The number of rotatable bonds is 4. The fraction of sp³-hybridized carbons (Fsp3) is 0.200. The fourth-order valence-electron chi connectivity index (χ4n) is 3.49. The lowest BCUT2D eigenvalue weighted by molar-refractivity contribution is 0.399. The van der Waals surface area contributed by atoms with Gasteiger partial charge in [-0.2, -0.15) is 10.1 Å². The Hall–Kier alpha value is -3.88. The van der Waals surface area contributed by atoms with Gasteiger partial charge in [-0.25, -0.2) is 24.5 Å². The molecule has 0 unspecified atom stereocenters. The first-order valence-corrected chi connectivity index (χ1v) is 9.12. The van der Waals surface area contributed by atoms with E-state index >= 15 is 0 Å². The fourth-order valence-corrected chi connectivity index (χ4v) is 3.49. The molecule has 5 aromatic heterocycles. The van der Waals surface area contributed by atoms with Crippen LogP contribution in [-0.2, 0) is 6.54 Å². The van der Waals surface area contributed by atoms with Gasteiger partial charge >= 0.3 is 0 Å². The van der Waals surface area contributed by atoms with E-state index in [4.69, 9.17) is 4.74 Å². The average molecular weight is 386 g/mol. The normalized spacial score (nSPS) is 11.4. The van der Waals surface area contributed by atoms with E-state index in [9.17, 15) is 0 Å². The minimum absolute atomic E-state index is 0.512. The molecular weight excluding hydrogens is 368 g/mol. The second-order valence-corrected chi connectivity index (χ2v) is 6.72. The zero-order valence-corrected chi connectivity index (χ0v) is 16.2. The maximum Gasteiger partial charge on any atom is 0.241 e. The van der Waals surface area contributed by atoms with Gasteiger partial charge in [0.15, 0.2) is 5.65 Å². The number of hydrogen-bond donors (Lipinski definition) is 0. The smallest absolute Gasteiger partial charge is 0.241 e. The van der Waals surface area contributed by atoms with Crippen LogP contribution in [0.15, 0.2) is 43.1 Å². The van der Waals surface area contributed by atoms with E-state index in [1.165, 1.54) is 6.33 Å². The van der Waals surface area contributed by atoms with Gasteiger partial charge in [-0.05, 0) is 32.0 Å². The number of fused-ring (bicyclic) bond motifs is 2. The molecule has 0 aliphatic rings. The Balaban J connectivity index is 1.66. The Morgan fingerprint density at radius 2 is 1.97 bits per heavy atom. The molecule has 0 atom stereocenters. The summed E-state index contributed by atoms with van der Waals surface area (Å²) >= 11 is 0. The summed E-state index contributed by atoms with van der Waals surface area (Å²) in [4.78, 5) is 22.3. The van der Waals surface area contributed by atoms with Crippen LogP contribution in [0, 0.1) is 13.8 Å². The Kier molecular flexibility index (Phi) is 3.94. The van der Waals surface area contributed by atoms with Crippen LogP contribution < -0.4 is 4.74 Å². The van der Waals surface area contributed by atoms with Gasteiger partial charge in [0.05, 0.1) is 19.2 Å². The van der Waals surface area contributed by atoms with Gasteiger partial charge in [0.25, 0.3) is 0 Å². The van der Waals surface area contributed by atoms with Gasteiger partial charge in [0.1, 0.15) is 23.5 Å². The number of aryl methyl sites for hydroxylation is 2. The first kappa shape index (κ1) is 17.2. The summed E-state index contributed by atoms with van der Waals surface area (Å²) in [6, 6.07) is 5.93. The predicted octanol–water partition coefficient (Wildman–Crippen LogP) is 2.60. The van der Waals surface area contributed by atoms with E-state index in [1.807, 2.05) is 38.4 Å². The van der Waals surface area contributed by atoms with E-state index in [0.29, 0.717) is 18.1 Å². The molecule has 0 saturated carbocycles. The second-order valence-electron chi connectivity index (χ2n) is 6.72. The average Bonchev–Trinajstić information content (AvgIpc) is 3.29. The topological polar surface area (TPSA) is 95.9 Å². The number of hydrogen-bond acceptors (Lipinski definition) is 7. The third-order valence-corrected chi connectivity index (χ3v) is 4.87. The quantitative estimate of drug-likeness (QED) is 0.468. The lowest BCUT2D eigenvalue weighted by atomic mass is 10.1. The Labute approximate surface area is 166 Å². The molecule has 9 heteroatoms. The van der Waals surface area contributed by atoms with Crippen LogP contribution in [0.2, 0.25) is 0 Å². The molecule has 0 bridgehead atoms. The van der Waals surface area contributed by atoms with Crippen molar-refractivity contribution in [3.05, 3.63) is 60.5 Å². The first-order valence-electron chi connectivity index (χ1n) is 9.12. The van der Waals surface area contributed by atoms with Crippen LogP contribution in [-0.4, -0.2) is 46.2 Å². The van der Waals surface area contributed by atoms with E-state index in [-0.39, 0.29) is 0 Å². The molecule has 0 N–H and O–H groups in total. The highest BCUT2D eigenvalue weighted by atomic mass is 16.5. The molecule has 5 aromatic rings. The van der Waals surface area contributed by atoms with Crippen LogP contribution in [0.5, 0.6) is 5.88 Å². The first-order chi connectivity index (χ1) is 14.1. The van der Waals surface area contributed by atoms with Crippen molar-refractivity contribution in [1.29, 1.82) is 0 Å². The van der Waals surface area contributed by atoms with Crippen molar-refractivity contribution in [3.8, 4) is 17.0 Å². The van der Waals surface area contributed by atoms with Crippen LogP contribution in [0.25, 0.3) is 27.8 Å². The van der Waals surface area contributed by atoms with Crippen molar-refractivity contribution in [2.45, 2.75) is 20.4 Å². The van der Waals surface area contributed by atoms with Crippen molar-refractivity contribution >= 4 is 16.7 Å². The molecule has 0 amide bonds. The summed E-state index contributed by atoms with van der Waals surface area (Å²) in [6.45, 7) is 4.44. The van der Waals surface area contributed by atoms with Crippen molar-refractivity contribution in [2.24, 2.45) is 0 Å². The van der Waals surface area contributed by atoms with Crippen molar-refractivity contribution in [3.63, 3.8) is 0 Å². The minimum atomic E-state index is 0.512. The van der Waals surface area contributed by atoms with E-state index < -0.39 is 0 Å². The highest BCUT2D eigenvalue weighted by Crippen LogP contribution is 2.31. The molecule has 0 spiro atoms. The Morgan fingerprint density at radius 1 is 1.07 bits per heavy atom. The van der Waals surface area contributed by atoms with Gasteiger partial charge in [-0.3, -0.25) is 0 Å². The van der Waals surface area contributed by atoms with Crippen LogP contribution in [0.4, 0.5) is 0 Å². The zero-order chi connectivity index (χ0) is 20.0. The van der Waals surface area contributed by atoms with E-state index in [1.54, 1.807) is 17.8 Å². The lowest BCUT2D eigenvalue weighted by Gasteiger charge is -2.08. The summed E-state index contributed by atoms with van der Waals surface area (Å²) in [5.74, 6) is 2.11. The molecular formula is C20H18N8O. The summed E-state index contributed by atoms with van der Waals surface area (Å²) < 4.78 is 9.25. The van der Waals surface area contributed by atoms with Crippen LogP contribution in [0.1, 0.15) is 17.3 Å². The summed E-state index contributed by atoms with van der Waals surface area (Å²) in [5.41, 5.74) is 5.20. The number of nitrogens with zero attached hydrogens (tertiary/aromatic N) is 8. The summed E-state index contributed by atoms with van der Waals surface area (Å²) in [6.07, 6.45) is 6.93. The molecule has 0 saturated heterocycles. The third kappa shape index (κ3) is 2.87. The zero-order valence-electron chi connectivity index (χ0n) is 16.2. The molecule has 5 heterocycles. The molecule has 0 aliphatic heterocycles. The lowest BCUT2D eigenvalue weighted by Crippen LogP contribution is -2.06. The van der Waals surface area contributed by atoms with Gasteiger partial charge in [-0.15, -0.1) is 0 Å². The van der Waals surface area contributed by atoms with Crippen molar-refractivity contribution < 1.29 is 4.74 Å². The largest absolute Gasteiger partial charge is 0.479 e. The highest BCUT2D eigenvalue weighted by Gasteiger charge is 2.16. The summed E-state index contributed by atoms with van der Waals surface area (Å²) in [5, 5.41) is 4.26. The van der Waals surface area contributed by atoms with Crippen LogP contribution in [0.3, 0.4) is 0 Å². The SMILES string of the molecule is COc1ncnn2ccc(-c3cnc4nc(C)n(Cc5nccc(C)n5)c4c3)c12.